The van der Waals surface area contributed by atoms with Gasteiger partial charge in [-0.1, -0.05) is 146 Å². The van der Waals surface area contributed by atoms with E-state index in [1.165, 1.54) is 66.4 Å². The van der Waals surface area contributed by atoms with Gasteiger partial charge in [0.05, 0.1) is 17.0 Å². The number of aromatic nitrogens is 1. The molecule has 1 N–H and O–H groups in total. The van der Waals surface area contributed by atoms with Crippen molar-refractivity contribution in [2.75, 3.05) is 0 Å². The summed E-state index contributed by atoms with van der Waals surface area (Å²) in [5.74, 6) is 0.0830. The summed E-state index contributed by atoms with van der Waals surface area (Å²) in [4.78, 5) is 3.76. The van der Waals surface area contributed by atoms with Gasteiger partial charge in [0.15, 0.2) is 0 Å². The van der Waals surface area contributed by atoms with E-state index in [0.29, 0.717) is 0 Å². The molecule has 3 aliphatic carbocycles. The molecule has 0 radical (unpaired) electrons. The van der Waals surface area contributed by atoms with Crippen LogP contribution in [0.15, 0.2) is 164 Å². The summed E-state index contributed by atoms with van der Waals surface area (Å²) in [6.07, 6.45) is 0. The van der Waals surface area contributed by atoms with Crippen molar-refractivity contribution in [1.29, 1.82) is 5.26 Å². The minimum absolute atomic E-state index is 0.0293. The molecule has 2 nitrogen and oxygen atoms in total. The van der Waals surface area contributed by atoms with Crippen LogP contribution in [0, 0.1) is 11.3 Å². The third kappa shape index (κ3) is 3.51. The lowest BCUT2D eigenvalue weighted by Gasteiger charge is -2.43. The van der Waals surface area contributed by atoms with Crippen molar-refractivity contribution in [2.24, 2.45) is 0 Å². The highest BCUT2D eigenvalue weighted by Crippen LogP contribution is 2.59. The van der Waals surface area contributed by atoms with Crippen molar-refractivity contribution in [2.45, 2.75) is 17.3 Å². The van der Waals surface area contributed by atoms with Crippen LogP contribution >= 0.6 is 0 Å². The number of nitrogens with one attached hydrogen (secondary N) is 1. The Hall–Kier alpha value is -6.17. The van der Waals surface area contributed by atoms with Crippen LogP contribution in [0.1, 0.15) is 73.0 Å². The van der Waals surface area contributed by atoms with E-state index in [1.807, 2.05) is 0 Å². The lowest BCUT2D eigenvalue weighted by Crippen LogP contribution is -2.31. The standard InChI is InChI=1S/C46H30N2/c47-28-29-26-40-44(45-41(29)42-34-20-10-12-22-36(34)43(45)37-23-13-11-21-35(37)42)38-27-33(24-25-39(38)48-40)46(30-14-4-1-5-15-30,31-16-6-2-7-17-31)32-18-8-3-9-19-32/h1-27,42-43,48H. The van der Waals surface area contributed by atoms with Crippen molar-refractivity contribution in [3.63, 3.8) is 0 Å². The predicted molar refractivity (Wildman–Crippen MR) is 194 cm³/mol. The van der Waals surface area contributed by atoms with E-state index in [-0.39, 0.29) is 11.8 Å². The quantitative estimate of drug-likeness (QED) is 0.198. The summed E-state index contributed by atoms with van der Waals surface area (Å²) in [5, 5.41) is 13.0. The van der Waals surface area contributed by atoms with Gasteiger partial charge in [-0.25, -0.2) is 0 Å². The highest BCUT2D eigenvalue weighted by molar-refractivity contribution is 6.11. The number of hydrogen-bond acceptors (Lipinski definition) is 1. The van der Waals surface area contributed by atoms with Crippen molar-refractivity contribution in [3.8, 4) is 6.07 Å². The smallest absolute Gasteiger partial charge is 0.0995 e. The highest BCUT2D eigenvalue weighted by Gasteiger charge is 2.44. The Morgan fingerprint density at radius 3 is 1.40 bits per heavy atom. The van der Waals surface area contributed by atoms with Crippen molar-refractivity contribution in [3.05, 3.63) is 225 Å². The topological polar surface area (TPSA) is 39.6 Å². The van der Waals surface area contributed by atoms with Crippen LogP contribution in [0.3, 0.4) is 0 Å². The van der Waals surface area contributed by atoms with Gasteiger partial charge < -0.3 is 4.98 Å². The lowest BCUT2D eigenvalue weighted by molar-refractivity contribution is 0.746. The second-order valence-electron chi connectivity index (χ2n) is 13.1. The maximum Gasteiger partial charge on any atom is 0.0995 e. The van der Waals surface area contributed by atoms with Gasteiger partial charge in [0, 0.05) is 33.6 Å². The zero-order valence-corrected chi connectivity index (χ0v) is 26.2. The molecule has 2 heteroatoms. The Morgan fingerprint density at radius 2 is 0.917 bits per heavy atom. The molecule has 0 spiro atoms. The molecule has 2 bridgehead atoms. The Labute approximate surface area is 279 Å². The maximum atomic E-state index is 10.6. The van der Waals surface area contributed by atoms with Gasteiger partial charge in [0.1, 0.15) is 0 Å². The molecule has 11 rings (SSSR count). The Balaban J connectivity index is 1.34. The fourth-order valence-corrected chi connectivity index (χ4v) is 9.14. The van der Waals surface area contributed by atoms with Gasteiger partial charge in [0.2, 0.25) is 0 Å². The average molecular weight is 611 g/mol. The number of aromatic amines is 1. The van der Waals surface area contributed by atoms with Gasteiger partial charge in [-0.2, -0.15) is 5.26 Å². The number of nitriles is 1. The largest absolute Gasteiger partial charge is 0.354 e. The second-order valence-corrected chi connectivity index (χ2v) is 13.1. The third-order valence-electron chi connectivity index (χ3n) is 11.0. The first-order valence-electron chi connectivity index (χ1n) is 16.7. The Kier molecular flexibility index (Phi) is 5.72. The molecule has 1 aromatic heterocycles. The number of fused-ring (bicyclic) bond motifs is 3. The first-order valence-corrected chi connectivity index (χ1v) is 16.7. The highest BCUT2D eigenvalue weighted by atomic mass is 14.7. The van der Waals surface area contributed by atoms with E-state index in [2.05, 4.69) is 175 Å². The number of rotatable bonds is 4. The summed E-state index contributed by atoms with van der Waals surface area (Å²) in [6, 6.07) is 62.1. The predicted octanol–water partition coefficient (Wildman–Crippen LogP) is 10.6. The molecule has 3 aliphatic rings. The summed E-state index contributed by atoms with van der Waals surface area (Å²) < 4.78 is 0. The molecular weight excluding hydrogens is 581 g/mol. The van der Waals surface area contributed by atoms with Crippen LogP contribution in [-0.4, -0.2) is 4.98 Å². The van der Waals surface area contributed by atoms with E-state index in [4.69, 9.17) is 0 Å². The Morgan fingerprint density at radius 1 is 0.458 bits per heavy atom. The fraction of sp³-hybridized carbons (Fsp3) is 0.0652. The minimum atomic E-state index is -0.549. The first-order chi connectivity index (χ1) is 23.8. The second kappa shape index (κ2) is 10.2. The van der Waals surface area contributed by atoms with Crippen LogP contribution in [0.2, 0.25) is 0 Å². The molecule has 0 unspecified atom stereocenters. The number of benzene rings is 7. The van der Waals surface area contributed by atoms with Gasteiger partial charge in [-0.05, 0) is 73.8 Å². The molecule has 48 heavy (non-hydrogen) atoms. The zero-order chi connectivity index (χ0) is 31.8. The monoisotopic (exact) mass is 610 g/mol. The Bertz CT molecular complexity index is 2430. The van der Waals surface area contributed by atoms with E-state index >= 15 is 0 Å². The number of nitrogens with zero attached hydrogens (tertiary/aromatic N) is 1. The molecule has 0 aliphatic heterocycles. The van der Waals surface area contributed by atoms with Crippen molar-refractivity contribution >= 4 is 21.8 Å². The van der Waals surface area contributed by atoms with Gasteiger partial charge in [-0.15, -0.1) is 0 Å². The minimum Gasteiger partial charge on any atom is -0.354 e. The molecule has 0 amide bonds. The third-order valence-corrected chi connectivity index (χ3v) is 11.0. The summed E-state index contributed by atoms with van der Waals surface area (Å²) >= 11 is 0. The zero-order valence-electron chi connectivity index (χ0n) is 26.2. The molecule has 0 atom stereocenters. The lowest BCUT2D eigenvalue weighted by atomic mass is 9.59. The van der Waals surface area contributed by atoms with Crippen LogP contribution in [0.25, 0.3) is 21.8 Å². The van der Waals surface area contributed by atoms with E-state index in [0.717, 1.165) is 16.6 Å². The van der Waals surface area contributed by atoms with Crippen molar-refractivity contribution < 1.29 is 0 Å². The molecule has 0 saturated carbocycles. The molecule has 224 valence electrons. The maximum absolute atomic E-state index is 10.6. The SMILES string of the molecule is N#Cc1cc2[nH]c3ccc(C(c4ccccc4)(c4ccccc4)c4ccccc4)cc3c2c2c1C1c3ccccc3C2c2ccccc21. The number of H-pyrrole nitrogens is 1. The van der Waals surface area contributed by atoms with E-state index in [1.54, 1.807) is 0 Å². The van der Waals surface area contributed by atoms with Crippen LogP contribution in [-0.2, 0) is 5.41 Å². The van der Waals surface area contributed by atoms with E-state index < -0.39 is 5.41 Å². The summed E-state index contributed by atoms with van der Waals surface area (Å²) in [5.41, 5.74) is 15.0. The van der Waals surface area contributed by atoms with Crippen LogP contribution < -0.4 is 0 Å². The van der Waals surface area contributed by atoms with E-state index in [9.17, 15) is 5.26 Å². The molecule has 8 aromatic rings. The number of hydrogen-bond donors (Lipinski definition) is 1. The molecule has 1 heterocycles. The average Bonchev–Trinajstić information content (AvgIpc) is 3.54. The van der Waals surface area contributed by atoms with Crippen molar-refractivity contribution in [1.82, 2.24) is 4.98 Å². The molecule has 0 saturated heterocycles. The van der Waals surface area contributed by atoms with Crippen LogP contribution in [0.5, 0.6) is 0 Å². The fourth-order valence-electron chi connectivity index (χ4n) is 9.14. The molecule has 0 fully saturated rings. The summed E-state index contributed by atoms with van der Waals surface area (Å²) in [7, 11) is 0. The van der Waals surface area contributed by atoms with Crippen LogP contribution in [0.4, 0.5) is 0 Å². The van der Waals surface area contributed by atoms with Gasteiger partial charge in [-0.3, -0.25) is 0 Å². The molecule has 7 aromatic carbocycles. The molecular formula is C46H30N2. The summed E-state index contributed by atoms with van der Waals surface area (Å²) in [6.45, 7) is 0. The van der Waals surface area contributed by atoms with Gasteiger partial charge >= 0.3 is 0 Å². The normalized spacial score (nSPS) is 15.9. The van der Waals surface area contributed by atoms with Gasteiger partial charge in [0.25, 0.3) is 0 Å². The first kappa shape index (κ1) is 27.0.